The largest absolute Gasteiger partial charge is 0.416 e. The number of alkyl halides is 3. The van der Waals surface area contributed by atoms with Crippen LogP contribution in [-0.4, -0.2) is 28.0 Å². The highest BCUT2D eigenvalue weighted by molar-refractivity contribution is 5.50. The smallest absolute Gasteiger partial charge is 0.398 e. The first-order valence-corrected chi connectivity index (χ1v) is 5.21. The van der Waals surface area contributed by atoms with Gasteiger partial charge in [0.1, 0.15) is 6.10 Å². The Labute approximate surface area is 101 Å². The van der Waals surface area contributed by atoms with E-state index < -0.39 is 30.6 Å². The summed E-state index contributed by atoms with van der Waals surface area (Å²) in [5.41, 5.74) is 4.26. The van der Waals surface area contributed by atoms with Crippen LogP contribution in [0.5, 0.6) is 0 Å². The number of rotatable bonds is 4. The summed E-state index contributed by atoms with van der Waals surface area (Å²) in [4.78, 5) is 0. The van der Waals surface area contributed by atoms with E-state index in [1.807, 2.05) is 0 Å². The van der Waals surface area contributed by atoms with Crippen LogP contribution in [0, 0.1) is 0 Å². The van der Waals surface area contributed by atoms with Crippen molar-refractivity contribution in [1.82, 2.24) is 0 Å². The van der Waals surface area contributed by atoms with Crippen LogP contribution in [0.15, 0.2) is 18.2 Å². The maximum atomic E-state index is 12.5. The number of hydrogen-bond acceptors (Lipinski definition) is 4. The first-order valence-electron chi connectivity index (χ1n) is 5.21. The fraction of sp³-hybridized carbons (Fsp3) is 0.455. The van der Waals surface area contributed by atoms with Crippen LogP contribution in [0.3, 0.4) is 0 Å². The summed E-state index contributed by atoms with van der Waals surface area (Å²) in [7, 11) is 0. The average molecular weight is 265 g/mol. The molecule has 7 heteroatoms. The topological polar surface area (TPSA) is 86.7 Å². The number of nitrogen functional groups attached to an aromatic ring is 1. The number of aliphatic hydroxyl groups excluding tert-OH is 3. The molecule has 2 unspecified atom stereocenters. The normalized spacial score (nSPS) is 15.4. The molecule has 1 aromatic carbocycles. The van der Waals surface area contributed by atoms with Crippen molar-refractivity contribution in [2.75, 3.05) is 12.3 Å². The van der Waals surface area contributed by atoms with E-state index in [4.69, 9.17) is 10.8 Å². The lowest BCUT2D eigenvalue weighted by Gasteiger charge is -2.20. The van der Waals surface area contributed by atoms with E-state index in [2.05, 4.69) is 0 Å². The monoisotopic (exact) mass is 265 g/mol. The third-order valence-electron chi connectivity index (χ3n) is 2.52. The fourth-order valence-corrected chi connectivity index (χ4v) is 1.50. The van der Waals surface area contributed by atoms with E-state index in [0.29, 0.717) is 6.07 Å². The van der Waals surface area contributed by atoms with E-state index in [0.717, 1.165) is 12.1 Å². The van der Waals surface area contributed by atoms with E-state index in [1.165, 1.54) is 0 Å². The average Bonchev–Trinajstić information content (AvgIpc) is 2.27. The Morgan fingerprint density at radius 3 is 2.33 bits per heavy atom. The fourth-order valence-electron chi connectivity index (χ4n) is 1.50. The minimum Gasteiger partial charge on any atom is -0.398 e. The van der Waals surface area contributed by atoms with Crippen LogP contribution in [0.25, 0.3) is 0 Å². The molecule has 0 saturated carbocycles. The van der Waals surface area contributed by atoms with Crippen molar-refractivity contribution in [3.63, 3.8) is 0 Å². The number of benzene rings is 1. The summed E-state index contributed by atoms with van der Waals surface area (Å²) in [6.45, 7) is -0.392. The molecule has 0 bridgehead atoms. The first-order chi connectivity index (χ1) is 8.27. The molecule has 4 nitrogen and oxygen atoms in total. The van der Waals surface area contributed by atoms with E-state index >= 15 is 0 Å². The van der Waals surface area contributed by atoms with Crippen molar-refractivity contribution in [3.8, 4) is 0 Å². The minimum atomic E-state index is -4.55. The van der Waals surface area contributed by atoms with Gasteiger partial charge in [-0.2, -0.15) is 13.2 Å². The van der Waals surface area contributed by atoms with Gasteiger partial charge in [0, 0.05) is 17.9 Å². The second-order valence-electron chi connectivity index (χ2n) is 3.87. The lowest BCUT2D eigenvalue weighted by atomic mass is 9.98. The predicted octanol–water partition coefficient (Wildman–Crippen LogP) is 1.06. The molecule has 18 heavy (non-hydrogen) atoms. The minimum absolute atomic E-state index is 0.0486. The summed E-state index contributed by atoms with van der Waals surface area (Å²) < 4.78 is 37.5. The zero-order valence-corrected chi connectivity index (χ0v) is 9.35. The van der Waals surface area contributed by atoms with Crippen LogP contribution in [0.4, 0.5) is 18.9 Å². The van der Waals surface area contributed by atoms with Crippen molar-refractivity contribution in [2.45, 2.75) is 24.8 Å². The highest BCUT2D eigenvalue weighted by Crippen LogP contribution is 2.34. The van der Waals surface area contributed by atoms with Gasteiger partial charge in [0.25, 0.3) is 0 Å². The Balaban J connectivity index is 3.08. The SMILES string of the molecule is Nc1ccc(C(F)(F)F)cc1C(O)C(O)CCO. The van der Waals surface area contributed by atoms with Gasteiger partial charge < -0.3 is 21.1 Å². The summed E-state index contributed by atoms with van der Waals surface area (Å²) in [5.74, 6) is 0. The standard InChI is InChI=1S/C11H14F3NO3/c12-11(13,14)6-1-2-8(15)7(5-6)10(18)9(17)3-4-16/h1-2,5,9-10,16-18H,3-4,15H2. The van der Waals surface area contributed by atoms with Crippen LogP contribution in [0.2, 0.25) is 0 Å². The number of halogens is 3. The van der Waals surface area contributed by atoms with Gasteiger partial charge in [-0.05, 0) is 24.6 Å². The van der Waals surface area contributed by atoms with Gasteiger partial charge in [-0.1, -0.05) is 0 Å². The molecular weight excluding hydrogens is 251 g/mol. The molecule has 0 aliphatic heterocycles. The molecule has 102 valence electrons. The molecule has 0 spiro atoms. The van der Waals surface area contributed by atoms with Crippen LogP contribution in [-0.2, 0) is 6.18 Å². The number of hydrogen-bond donors (Lipinski definition) is 4. The van der Waals surface area contributed by atoms with Gasteiger partial charge >= 0.3 is 6.18 Å². The van der Waals surface area contributed by atoms with Crippen molar-refractivity contribution >= 4 is 5.69 Å². The quantitative estimate of drug-likeness (QED) is 0.613. The van der Waals surface area contributed by atoms with Gasteiger partial charge in [0.2, 0.25) is 0 Å². The molecule has 0 fully saturated rings. The molecule has 0 aliphatic carbocycles. The molecule has 0 aromatic heterocycles. The highest BCUT2D eigenvalue weighted by atomic mass is 19.4. The van der Waals surface area contributed by atoms with Gasteiger partial charge in [-0.25, -0.2) is 0 Å². The van der Waals surface area contributed by atoms with Gasteiger partial charge in [0.05, 0.1) is 11.7 Å². The van der Waals surface area contributed by atoms with E-state index in [9.17, 15) is 23.4 Å². The maximum Gasteiger partial charge on any atom is 0.416 e. The summed E-state index contributed by atoms with van der Waals surface area (Å²) >= 11 is 0. The van der Waals surface area contributed by atoms with Gasteiger partial charge in [-0.3, -0.25) is 0 Å². The molecule has 1 rings (SSSR count). The van der Waals surface area contributed by atoms with Crippen LogP contribution >= 0.6 is 0 Å². The van der Waals surface area contributed by atoms with Crippen LogP contribution < -0.4 is 5.73 Å². The highest BCUT2D eigenvalue weighted by Gasteiger charge is 2.32. The lowest BCUT2D eigenvalue weighted by Crippen LogP contribution is -2.21. The Hall–Kier alpha value is -1.31. The summed E-state index contributed by atoms with van der Waals surface area (Å²) in [6.07, 6.45) is -7.65. The van der Waals surface area contributed by atoms with Crippen molar-refractivity contribution < 1.29 is 28.5 Å². The van der Waals surface area contributed by atoms with Crippen molar-refractivity contribution in [2.24, 2.45) is 0 Å². The molecular formula is C11H14F3NO3. The molecule has 0 heterocycles. The zero-order chi connectivity index (χ0) is 13.9. The van der Waals surface area contributed by atoms with E-state index in [-0.39, 0.29) is 17.7 Å². The van der Waals surface area contributed by atoms with E-state index in [1.54, 1.807) is 0 Å². The Morgan fingerprint density at radius 2 is 1.83 bits per heavy atom. The Bertz CT molecular complexity index is 409. The van der Waals surface area contributed by atoms with Crippen molar-refractivity contribution in [1.29, 1.82) is 0 Å². The maximum absolute atomic E-state index is 12.5. The summed E-state index contributed by atoms with van der Waals surface area (Å²) in [6, 6.07) is 2.51. The third-order valence-corrected chi connectivity index (χ3v) is 2.52. The molecule has 0 radical (unpaired) electrons. The molecule has 5 N–H and O–H groups in total. The summed E-state index contributed by atoms with van der Waals surface area (Å²) in [5, 5.41) is 27.7. The van der Waals surface area contributed by atoms with Gasteiger partial charge in [-0.15, -0.1) is 0 Å². The third kappa shape index (κ3) is 3.34. The second-order valence-corrected chi connectivity index (χ2v) is 3.87. The van der Waals surface area contributed by atoms with Crippen LogP contribution in [0.1, 0.15) is 23.7 Å². The molecule has 2 atom stereocenters. The number of aliphatic hydroxyl groups is 3. The molecule has 0 saturated heterocycles. The Kier molecular flexibility index (Phi) is 4.55. The first kappa shape index (κ1) is 14.7. The number of nitrogens with two attached hydrogens (primary N) is 1. The molecule has 0 aliphatic rings. The van der Waals surface area contributed by atoms with Crippen molar-refractivity contribution in [3.05, 3.63) is 29.3 Å². The van der Waals surface area contributed by atoms with Gasteiger partial charge in [0.15, 0.2) is 0 Å². The predicted molar refractivity (Wildman–Crippen MR) is 58.5 cm³/mol. The molecule has 0 amide bonds. The zero-order valence-electron chi connectivity index (χ0n) is 9.35. The Morgan fingerprint density at radius 1 is 1.22 bits per heavy atom. The molecule has 1 aromatic rings. The second kappa shape index (κ2) is 5.55. The lowest BCUT2D eigenvalue weighted by molar-refractivity contribution is -0.137. The number of anilines is 1.